The van der Waals surface area contributed by atoms with Gasteiger partial charge in [-0.2, -0.15) is 0 Å². The number of hydrogen-bond acceptors (Lipinski definition) is 2. The van der Waals surface area contributed by atoms with Crippen LogP contribution in [0.2, 0.25) is 0 Å². The average molecular weight is 199 g/mol. The van der Waals surface area contributed by atoms with E-state index in [1.165, 1.54) is 0 Å². The highest BCUT2D eigenvalue weighted by Gasteiger charge is 2.21. The lowest BCUT2D eigenvalue weighted by atomic mass is 10.0. The van der Waals surface area contributed by atoms with Gasteiger partial charge in [0.1, 0.15) is 0 Å². The predicted octanol–water partition coefficient (Wildman–Crippen LogP) is 0.788. The van der Waals surface area contributed by atoms with E-state index in [2.05, 4.69) is 24.5 Å². The Morgan fingerprint density at radius 3 is 2.36 bits per heavy atom. The summed E-state index contributed by atoms with van der Waals surface area (Å²) in [7, 11) is 1.68. The van der Waals surface area contributed by atoms with E-state index < -0.39 is 0 Å². The molecule has 2 amide bonds. The monoisotopic (exact) mass is 199 g/mol. The molecular formula is C10H21N3O. The molecule has 0 unspecified atom stereocenters. The van der Waals surface area contributed by atoms with Crippen molar-refractivity contribution in [3.63, 3.8) is 0 Å². The molecule has 1 rings (SSSR count). The maximum atomic E-state index is 11.3. The van der Waals surface area contributed by atoms with Crippen molar-refractivity contribution in [1.82, 2.24) is 15.5 Å². The van der Waals surface area contributed by atoms with Crippen LogP contribution in [0.1, 0.15) is 26.7 Å². The van der Waals surface area contributed by atoms with Gasteiger partial charge in [0.25, 0.3) is 0 Å². The Labute approximate surface area is 86.0 Å². The van der Waals surface area contributed by atoms with E-state index in [0.29, 0.717) is 12.1 Å². The number of rotatable bonds is 2. The predicted molar refractivity (Wildman–Crippen MR) is 57.3 cm³/mol. The van der Waals surface area contributed by atoms with Crippen LogP contribution in [0.3, 0.4) is 0 Å². The fraction of sp³-hybridized carbons (Fsp3) is 0.900. The topological polar surface area (TPSA) is 44.4 Å². The summed E-state index contributed by atoms with van der Waals surface area (Å²) in [5.41, 5.74) is 0. The van der Waals surface area contributed by atoms with Gasteiger partial charge in [-0.1, -0.05) is 13.8 Å². The van der Waals surface area contributed by atoms with Crippen LogP contribution in [-0.4, -0.2) is 43.2 Å². The van der Waals surface area contributed by atoms with Crippen molar-refractivity contribution in [3.05, 3.63) is 0 Å². The molecule has 0 aromatic carbocycles. The lowest BCUT2D eigenvalue weighted by molar-refractivity contribution is 0.177. The summed E-state index contributed by atoms with van der Waals surface area (Å²) in [4.78, 5) is 13.2. The molecule has 4 heteroatoms. The smallest absolute Gasteiger partial charge is 0.317 e. The van der Waals surface area contributed by atoms with Crippen molar-refractivity contribution in [2.75, 3.05) is 20.1 Å². The molecule has 0 aromatic rings. The number of likely N-dealkylation sites (tertiary alicyclic amines) is 1. The number of nitrogens with one attached hydrogen (secondary N) is 2. The van der Waals surface area contributed by atoms with Gasteiger partial charge in [0.15, 0.2) is 0 Å². The Morgan fingerprint density at radius 1 is 1.36 bits per heavy atom. The fourth-order valence-corrected chi connectivity index (χ4v) is 1.88. The van der Waals surface area contributed by atoms with Crippen molar-refractivity contribution in [2.24, 2.45) is 0 Å². The van der Waals surface area contributed by atoms with E-state index in [4.69, 9.17) is 0 Å². The molecule has 2 N–H and O–H groups in total. The van der Waals surface area contributed by atoms with Gasteiger partial charge in [0, 0.05) is 32.2 Å². The molecule has 4 nitrogen and oxygen atoms in total. The second-order valence-electron chi connectivity index (χ2n) is 4.14. The third-order valence-corrected chi connectivity index (χ3v) is 2.57. The van der Waals surface area contributed by atoms with Crippen LogP contribution in [0.25, 0.3) is 0 Å². The molecule has 0 aliphatic carbocycles. The van der Waals surface area contributed by atoms with Gasteiger partial charge in [-0.3, -0.25) is 0 Å². The minimum absolute atomic E-state index is 0.0491. The van der Waals surface area contributed by atoms with E-state index in [1.54, 1.807) is 7.05 Å². The molecular weight excluding hydrogens is 178 g/mol. The van der Waals surface area contributed by atoms with Gasteiger partial charge < -0.3 is 15.5 Å². The molecule has 1 heterocycles. The van der Waals surface area contributed by atoms with Crippen molar-refractivity contribution in [3.8, 4) is 0 Å². The van der Waals surface area contributed by atoms with Gasteiger partial charge >= 0.3 is 6.03 Å². The SMILES string of the molecule is CNC(=O)N1CCC(NC(C)C)CC1. The average Bonchev–Trinajstić information content (AvgIpc) is 2.17. The Balaban J connectivity index is 2.27. The number of nitrogens with zero attached hydrogens (tertiary/aromatic N) is 1. The number of hydrogen-bond donors (Lipinski definition) is 2. The summed E-state index contributed by atoms with van der Waals surface area (Å²) in [6.07, 6.45) is 2.12. The third-order valence-electron chi connectivity index (χ3n) is 2.57. The zero-order valence-corrected chi connectivity index (χ0v) is 9.34. The molecule has 1 fully saturated rings. The first kappa shape index (κ1) is 11.3. The maximum absolute atomic E-state index is 11.3. The van der Waals surface area contributed by atoms with Crippen LogP contribution in [-0.2, 0) is 0 Å². The van der Waals surface area contributed by atoms with Gasteiger partial charge in [-0.05, 0) is 12.8 Å². The van der Waals surface area contributed by atoms with Crippen LogP contribution >= 0.6 is 0 Å². The van der Waals surface area contributed by atoms with Crippen molar-refractivity contribution >= 4 is 6.03 Å². The second kappa shape index (κ2) is 5.20. The van der Waals surface area contributed by atoms with E-state index >= 15 is 0 Å². The molecule has 0 saturated carbocycles. The minimum atomic E-state index is 0.0491. The van der Waals surface area contributed by atoms with E-state index in [1.807, 2.05) is 4.90 Å². The van der Waals surface area contributed by atoms with E-state index in [-0.39, 0.29) is 6.03 Å². The molecule has 14 heavy (non-hydrogen) atoms. The van der Waals surface area contributed by atoms with Gasteiger partial charge in [0.2, 0.25) is 0 Å². The minimum Gasteiger partial charge on any atom is -0.341 e. The quantitative estimate of drug-likeness (QED) is 0.690. The highest BCUT2D eigenvalue weighted by molar-refractivity contribution is 5.73. The lowest BCUT2D eigenvalue weighted by Crippen LogP contribution is -2.48. The van der Waals surface area contributed by atoms with Crippen LogP contribution in [0.15, 0.2) is 0 Å². The standard InChI is InChI=1S/C10H21N3O/c1-8(2)12-9-4-6-13(7-5-9)10(14)11-3/h8-9,12H,4-7H2,1-3H3,(H,11,14). The number of carbonyl (C=O) groups is 1. The summed E-state index contributed by atoms with van der Waals surface area (Å²) < 4.78 is 0. The van der Waals surface area contributed by atoms with Gasteiger partial charge in [-0.15, -0.1) is 0 Å². The zero-order valence-electron chi connectivity index (χ0n) is 9.34. The summed E-state index contributed by atoms with van der Waals surface area (Å²) in [5, 5.41) is 6.16. The number of urea groups is 1. The van der Waals surface area contributed by atoms with Crippen LogP contribution in [0.5, 0.6) is 0 Å². The lowest BCUT2D eigenvalue weighted by Gasteiger charge is -2.33. The number of piperidine rings is 1. The van der Waals surface area contributed by atoms with E-state index in [9.17, 15) is 4.79 Å². The summed E-state index contributed by atoms with van der Waals surface area (Å²) in [6.45, 7) is 6.05. The third kappa shape index (κ3) is 3.18. The molecule has 0 bridgehead atoms. The molecule has 1 aliphatic rings. The Bertz CT molecular complexity index is 186. The molecule has 0 atom stereocenters. The van der Waals surface area contributed by atoms with E-state index in [0.717, 1.165) is 25.9 Å². The van der Waals surface area contributed by atoms with Crippen LogP contribution in [0.4, 0.5) is 4.79 Å². The molecule has 1 aliphatic heterocycles. The maximum Gasteiger partial charge on any atom is 0.317 e. The largest absolute Gasteiger partial charge is 0.341 e. The molecule has 0 aromatic heterocycles. The highest BCUT2D eigenvalue weighted by Crippen LogP contribution is 2.10. The van der Waals surface area contributed by atoms with Crippen molar-refractivity contribution in [1.29, 1.82) is 0 Å². The van der Waals surface area contributed by atoms with Gasteiger partial charge in [0.05, 0.1) is 0 Å². The molecule has 82 valence electrons. The zero-order chi connectivity index (χ0) is 10.6. The van der Waals surface area contributed by atoms with Crippen LogP contribution < -0.4 is 10.6 Å². The van der Waals surface area contributed by atoms with Crippen molar-refractivity contribution in [2.45, 2.75) is 38.8 Å². The Hall–Kier alpha value is -0.770. The fourth-order valence-electron chi connectivity index (χ4n) is 1.88. The normalized spacial score (nSPS) is 18.7. The first-order valence-electron chi connectivity index (χ1n) is 5.36. The highest BCUT2D eigenvalue weighted by atomic mass is 16.2. The van der Waals surface area contributed by atoms with Crippen LogP contribution in [0, 0.1) is 0 Å². The summed E-state index contributed by atoms with van der Waals surface area (Å²) >= 11 is 0. The second-order valence-corrected chi connectivity index (χ2v) is 4.14. The molecule has 1 saturated heterocycles. The molecule has 0 spiro atoms. The molecule has 0 radical (unpaired) electrons. The Kier molecular flexibility index (Phi) is 4.20. The van der Waals surface area contributed by atoms with Gasteiger partial charge in [-0.25, -0.2) is 4.79 Å². The summed E-state index contributed by atoms with van der Waals surface area (Å²) in [5.74, 6) is 0. The van der Waals surface area contributed by atoms with Crippen molar-refractivity contribution < 1.29 is 4.79 Å². The number of amides is 2. The Morgan fingerprint density at radius 2 is 1.93 bits per heavy atom. The summed E-state index contributed by atoms with van der Waals surface area (Å²) in [6, 6.07) is 1.16. The first-order chi connectivity index (χ1) is 6.63. The first-order valence-corrected chi connectivity index (χ1v) is 5.36. The number of carbonyl (C=O) groups excluding carboxylic acids is 1.